The Morgan fingerprint density at radius 2 is 1.22 bits per heavy atom. The smallest absolute Gasteiger partial charge is 0.150 e. The maximum absolute atomic E-state index is 10.1. The summed E-state index contributed by atoms with van der Waals surface area (Å²) in [5.41, 5.74) is 5.76. The second kappa shape index (κ2) is 23.8. The molecule has 0 bridgehead atoms. The number of methoxy groups -OCH3 is 1. The third-order valence-corrected chi connectivity index (χ3v) is 15.1. The molecular weight excluding hydrogens is 673 g/mol. The quantitative estimate of drug-likeness (QED) is 0.239. The molecule has 4 saturated carbocycles. The van der Waals surface area contributed by atoms with Gasteiger partial charge >= 0.3 is 0 Å². The fraction of sp³-hybridized carbons (Fsp3) is 0.731. The van der Waals surface area contributed by atoms with Crippen LogP contribution in [0.5, 0.6) is 0 Å². The minimum Gasteiger partial charge on any atom is -0.381 e. The van der Waals surface area contributed by atoms with Crippen molar-refractivity contribution in [2.45, 2.75) is 173 Å². The number of fused-ring (bicyclic) bond motifs is 5. The number of aryl methyl sites for hydroxylation is 3. The SMILES string of the molecule is CC.CC=O.CCC(C)C1CC2C3CCC(C(C)CCCC(C)C)C3(C)CCC2C2(C)CCC(OC)CC12.Cc1ccc(C)cc1.Cc1ccc(C=O)cc1. The lowest BCUT2D eigenvalue weighted by atomic mass is 9.41. The highest BCUT2D eigenvalue weighted by atomic mass is 16.5. The van der Waals surface area contributed by atoms with Crippen LogP contribution in [0.25, 0.3) is 0 Å². The molecule has 0 aromatic heterocycles. The van der Waals surface area contributed by atoms with Crippen LogP contribution >= 0.6 is 0 Å². The van der Waals surface area contributed by atoms with Crippen molar-refractivity contribution >= 4 is 12.6 Å². The van der Waals surface area contributed by atoms with Crippen LogP contribution in [-0.2, 0) is 9.53 Å². The molecule has 0 heterocycles. The average molecular weight is 759 g/mol. The molecule has 0 radical (unpaired) electrons. The van der Waals surface area contributed by atoms with E-state index in [1.807, 2.05) is 52.1 Å². The number of carbonyl (C=O) groups is 2. The largest absolute Gasteiger partial charge is 0.381 e. The van der Waals surface area contributed by atoms with E-state index in [1.54, 1.807) is 0 Å². The van der Waals surface area contributed by atoms with E-state index >= 15 is 0 Å². The van der Waals surface area contributed by atoms with Crippen molar-refractivity contribution < 1.29 is 14.3 Å². The molecule has 0 aliphatic heterocycles. The summed E-state index contributed by atoms with van der Waals surface area (Å²) in [5.74, 6) is 8.42. The molecule has 2 aromatic rings. The van der Waals surface area contributed by atoms with Gasteiger partial charge in [0, 0.05) is 12.7 Å². The molecule has 4 aliphatic rings. The molecule has 3 heteroatoms. The van der Waals surface area contributed by atoms with Crippen molar-refractivity contribution in [3.8, 4) is 0 Å². The molecule has 0 amide bonds. The Kier molecular flexibility index (Phi) is 21.2. The van der Waals surface area contributed by atoms with Gasteiger partial charge in [-0.25, -0.2) is 0 Å². The van der Waals surface area contributed by atoms with E-state index < -0.39 is 0 Å². The van der Waals surface area contributed by atoms with Crippen LogP contribution in [0.15, 0.2) is 48.5 Å². The summed E-state index contributed by atoms with van der Waals surface area (Å²) in [6, 6.07) is 15.9. The first-order valence-electron chi connectivity index (χ1n) is 22.7. The number of hydrogen-bond donors (Lipinski definition) is 0. The molecule has 4 fully saturated rings. The number of hydrogen-bond acceptors (Lipinski definition) is 3. The predicted molar refractivity (Wildman–Crippen MR) is 238 cm³/mol. The Balaban J connectivity index is 0.000000384. The predicted octanol–water partition coefficient (Wildman–Crippen LogP) is 14.7. The van der Waals surface area contributed by atoms with Crippen LogP contribution in [0.1, 0.15) is 173 Å². The highest BCUT2D eigenvalue weighted by Crippen LogP contribution is 2.70. The van der Waals surface area contributed by atoms with Gasteiger partial charge in [0.25, 0.3) is 0 Å². The molecule has 11 atom stereocenters. The second-order valence-corrected chi connectivity index (χ2v) is 18.9. The van der Waals surface area contributed by atoms with Crippen LogP contribution in [0, 0.1) is 84.9 Å². The molecule has 0 spiro atoms. The number of benzene rings is 2. The first-order valence-corrected chi connectivity index (χ1v) is 22.7. The Bertz CT molecular complexity index is 1320. The van der Waals surface area contributed by atoms with Crippen molar-refractivity contribution in [1.29, 1.82) is 0 Å². The van der Waals surface area contributed by atoms with Crippen molar-refractivity contribution in [3.05, 3.63) is 70.8 Å². The van der Waals surface area contributed by atoms with Gasteiger partial charge in [0.05, 0.1) is 6.10 Å². The van der Waals surface area contributed by atoms with E-state index in [4.69, 9.17) is 9.53 Å². The van der Waals surface area contributed by atoms with Crippen molar-refractivity contribution in [1.82, 2.24) is 0 Å². The maximum atomic E-state index is 10.1. The normalized spacial score (nSPS) is 31.4. The summed E-state index contributed by atoms with van der Waals surface area (Å²) >= 11 is 0. The summed E-state index contributed by atoms with van der Waals surface area (Å²) in [6.45, 7) is 29.6. The second-order valence-electron chi connectivity index (χ2n) is 18.9. The van der Waals surface area contributed by atoms with Gasteiger partial charge < -0.3 is 9.53 Å². The fourth-order valence-corrected chi connectivity index (χ4v) is 11.8. The van der Waals surface area contributed by atoms with E-state index in [0.29, 0.717) is 16.9 Å². The molecule has 6 rings (SSSR count). The standard InChI is InChI=1S/C32H58O.C8H8O.C8H10.C2H4O.C2H6/c1-9-22(4)25-20-26-28-14-13-27(23(5)12-10-11-21(2)3)31(28,6)18-16-29(26)32(7)17-15-24(33-8)19-30(25)32;1-7-2-4-8(6-9)5-3-7;1-7-3-5-8(2)6-4-7;1-2-3;1-2/h21-30H,9-20H2,1-8H3;2-6H,1H3;3-6H,1-2H3;2H,1H3;1-2H3. The average Bonchev–Trinajstić information content (AvgIpc) is 3.54. The van der Waals surface area contributed by atoms with Crippen molar-refractivity contribution in [2.75, 3.05) is 7.11 Å². The van der Waals surface area contributed by atoms with Gasteiger partial charge in [-0.3, -0.25) is 4.79 Å². The van der Waals surface area contributed by atoms with Gasteiger partial charge in [0.15, 0.2) is 0 Å². The molecule has 2 aromatic carbocycles. The summed E-state index contributed by atoms with van der Waals surface area (Å²) in [5, 5.41) is 0. The van der Waals surface area contributed by atoms with E-state index in [0.717, 1.165) is 71.4 Å². The molecule has 312 valence electrons. The van der Waals surface area contributed by atoms with Gasteiger partial charge in [0.2, 0.25) is 0 Å². The van der Waals surface area contributed by atoms with Crippen molar-refractivity contribution in [2.24, 2.45) is 64.1 Å². The van der Waals surface area contributed by atoms with E-state index in [1.165, 1.54) is 101 Å². The minimum atomic E-state index is 0.516. The lowest BCUT2D eigenvalue weighted by Crippen LogP contribution is -2.57. The summed E-state index contributed by atoms with van der Waals surface area (Å²) < 4.78 is 5.96. The zero-order chi connectivity index (χ0) is 41.3. The molecular formula is C52H86O3. The maximum Gasteiger partial charge on any atom is 0.150 e. The summed E-state index contributed by atoms with van der Waals surface area (Å²) in [4.78, 5) is 18.9. The number of rotatable bonds is 9. The molecule has 0 N–H and O–H groups in total. The number of ether oxygens (including phenoxy) is 1. The van der Waals surface area contributed by atoms with Gasteiger partial charge in [-0.2, -0.15) is 0 Å². The van der Waals surface area contributed by atoms with E-state index in [-0.39, 0.29) is 0 Å². The zero-order valence-electron chi connectivity index (χ0n) is 38.3. The summed E-state index contributed by atoms with van der Waals surface area (Å²) in [6.07, 6.45) is 19.5. The van der Waals surface area contributed by atoms with Crippen LogP contribution < -0.4 is 0 Å². The van der Waals surface area contributed by atoms with Crippen LogP contribution in [-0.4, -0.2) is 25.8 Å². The Morgan fingerprint density at radius 3 is 1.71 bits per heavy atom. The van der Waals surface area contributed by atoms with Gasteiger partial charge in [-0.05, 0) is 143 Å². The van der Waals surface area contributed by atoms with Crippen molar-refractivity contribution in [3.63, 3.8) is 0 Å². The summed E-state index contributed by atoms with van der Waals surface area (Å²) in [7, 11) is 1.96. The van der Waals surface area contributed by atoms with Gasteiger partial charge in [-0.15, -0.1) is 0 Å². The fourth-order valence-electron chi connectivity index (χ4n) is 11.8. The Hall–Kier alpha value is -2.26. The lowest BCUT2D eigenvalue weighted by molar-refractivity contribution is -0.163. The molecule has 0 saturated heterocycles. The molecule has 55 heavy (non-hydrogen) atoms. The van der Waals surface area contributed by atoms with Crippen LogP contribution in [0.2, 0.25) is 0 Å². The van der Waals surface area contributed by atoms with E-state index in [9.17, 15) is 4.79 Å². The van der Waals surface area contributed by atoms with E-state index in [2.05, 4.69) is 86.6 Å². The topological polar surface area (TPSA) is 43.4 Å². The zero-order valence-corrected chi connectivity index (χ0v) is 38.3. The van der Waals surface area contributed by atoms with Gasteiger partial charge in [0.1, 0.15) is 12.6 Å². The Labute approximate surface area is 341 Å². The van der Waals surface area contributed by atoms with Crippen LogP contribution in [0.3, 0.4) is 0 Å². The third kappa shape index (κ3) is 13.1. The number of aldehydes is 2. The minimum absolute atomic E-state index is 0.516. The molecule has 11 unspecified atom stereocenters. The van der Waals surface area contributed by atoms with Crippen LogP contribution in [0.4, 0.5) is 0 Å². The highest BCUT2D eigenvalue weighted by molar-refractivity contribution is 5.74. The first kappa shape index (κ1) is 48.9. The number of carbonyl (C=O) groups excluding carboxylic acids is 2. The highest BCUT2D eigenvalue weighted by Gasteiger charge is 2.62. The Morgan fingerprint density at radius 1 is 0.709 bits per heavy atom. The third-order valence-electron chi connectivity index (χ3n) is 15.1. The van der Waals surface area contributed by atoms with Gasteiger partial charge in [-0.1, -0.05) is 153 Å². The first-order chi connectivity index (χ1) is 26.2. The monoisotopic (exact) mass is 759 g/mol. The lowest BCUT2D eigenvalue weighted by Gasteiger charge is -2.64. The molecule has 4 aliphatic carbocycles. The molecule has 3 nitrogen and oxygen atoms in total.